The van der Waals surface area contributed by atoms with Crippen LogP contribution < -0.4 is 0 Å². The predicted molar refractivity (Wildman–Crippen MR) is 140 cm³/mol. The van der Waals surface area contributed by atoms with E-state index in [9.17, 15) is 9.59 Å². The Hall–Kier alpha value is -0.629. The van der Waals surface area contributed by atoms with Crippen molar-refractivity contribution in [2.45, 2.75) is 50.3 Å². The molecule has 36 heavy (non-hydrogen) atoms. The zero-order valence-corrected chi connectivity index (χ0v) is 25.1. The fourth-order valence-corrected chi connectivity index (χ4v) is 9.10. The third-order valence-corrected chi connectivity index (χ3v) is 14.1. The Bertz CT molecular complexity index is 670. The fraction of sp³-hybridized carbons (Fsp3) is 0.818. The first-order valence-electron chi connectivity index (χ1n) is 12.4. The molecule has 3 aliphatic rings. The Morgan fingerprint density at radius 3 is 2.36 bits per heavy atom. The molecule has 14 heteroatoms. The molecule has 3 aliphatic heterocycles. The summed E-state index contributed by atoms with van der Waals surface area (Å²) in [5, 5.41) is 0. The number of rotatable bonds is 18. The van der Waals surface area contributed by atoms with Crippen molar-refractivity contribution in [1.82, 2.24) is 4.90 Å². The largest absolute Gasteiger partial charge is 0.531 e. The summed E-state index contributed by atoms with van der Waals surface area (Å²) in [6, 6.07) is 1.29. The lowest BCUT2D eigenvalue weighted by atomic mass is 10.3. The first-order valence-corrected chi connectivity index (χ1v) is 19.0. The molecular formula is C22H43NO10Si3. The molecule has 3 fully saturated rings. The molecule has 0 radical (unpaired) electrons. The summed E-state index contributed by atoms with van der Waals surface area (Å²) in [7, 11) is -3.37. The smallest absolute Gasteiger partial charge is 0.379 e. The van der Waals surface area contributed by atoms with Crippen LogP contribution in [0.15, 0.2) is 12.3 Å². The standard InChI is InChI=1S/C22H43NO10Si3/c1-6-35-31-13-10-23(17-22(33-35)30-12-7-8-14-34(5,19-24)20-25)16-21(32-35)18-29-11-9-15-36(26-2,27-3)28-4/h6,19-22H,1,7-18H2,2-5H3. The van der Waals surface area contributed by atoms with E-state index in [0.717, 1.165) is 37.6 Å². The zero-order chi connectivity index (χ0) is 26.5. The summed E-state index contributed by atoms with van der Waals surface area (Å²) in [6.45, 7) is 9.59. The quantitative estimate of drug-likeness (QED) is 0.137. The van der Waals surface area contributed by atoms with Gasteiger partial charge in [-0.05, 0) is 24.6 Å². The summed E-state index contributed by atoms with van der Waals surface area (Å²) in [5.41, 5.74) is 1.65. The second kappa shape index (κ2) is 15.7. The number of carbonyl (C=O) groups excluding carboxylic acids is 2. The van der Waals surface area contributed by atoms with Crippen molar-refractivity contribution in [1.29, 1.82) is 0 Å². The van der Waals surface area contributed by atoms with E-state index in [4.69, 9.17) is 36.0 Å². The minimum Gasteiger partial charge on any atom is -0.379 e. The van der Waals surface area contributed by atoms with Gasteiger partial charge < -0.3 is 45.6 Å². The minimum absolute atomic E-state index is 0.223. The van der Waals surface area contributed by atoms with Crippen LogP contribution in [-0.4, -0.2) is 122 Å². The van der Waals surface area contributed by atoms with Crippen LogP contribution in [0.3, 0.4) is 0 Å². The van der Waals surface area contributed by atoms with Crippen molar-refractivity contribution in [3.05, 3.63) is 12.3 Å². The number of nitrogens with zero attached hydrogens (tertiary/aromatic N) is 1. The first-order chi connectivity index (χ1) is 17.3. The molecule has 0 spiro atoms. The van der Waals surface area contributed by atoms with Crippen molar-refractivity contribution in [2.24, 2.45) is 0 Å². The number of carbonyl (C=O) groups is 2. The van der Waals surface area contributed by atoms with Crippen LogP contribution in [0.4, 0.5) is 0 Å². The molecule has 3 heterocycles. The predicted octanol–water partition coefficient (Wildman–Crippen LogP) is 1.43. The average Bonchev–Trinajstić information content (AvgIpc) is 2.87. The molecule has 0 amide bonds. The highest BCUT2D eigenvalue weighted by Gasteiger charge is 2.47. The van der Waals surface area contributed by atoms with Crippen LogP contribution in [0.25, 0.3) is 0 Å². The Balaban J connectivity index is 1.83. The molecule has 0 aromatic carbocycles. The van der Waals surface area contributed by atoms with Gasteiger partial charge in [0.1, 0.15) is 11.8 Å². The molecule has 0 aliphatic carbocycles. The van der Waals surface area contributed by atoms with Crippen LogP contribution in [-0.2, 0) is 45.6 Å². The van der Waals surface area contributed by atoms with Gasteiger partial charge in [0.05, 0.1) is 19.3 Å². The van der Waals surface area contributed by atoms with Gasteiger partial charge in [-0.2, -0.15) is 0 Å². The van der Waals surface area contributed by atoms with Crippen molar-refractivity contribution >= 4 is 37.5 Å². The highest BCUT2D eigenvalue weighted by molar-refractivity contribution is 7.17. The molecule has 2 bridgehead atoms. The van der Waals surface area contributed by atoms with E-state index in [1.54, 1.807) is 33.6 Å². The fourth-order valence-electron chi connectivity index (χ4n) is 4.12. The van der Waals surface area contributed by atoms with Gasteiger partial charge in [0.2, 0.25) is 0 Å². The monoisotopic (exact) mass is 565 g/mol. The normalized spacial score (nSPS) is 27.2. The number of hydrogen-bond acceptors (Lipinski definition) is 11. The summed E-state index contributed by atoms with van der Waals surface area (Å²) in [6.07, 6.45) is 1.51. The Morgan fingerprint density at radius 2 is 1.72 bits per heavy atom. The van der Waals surface area contributed by atoms with Gasteiger partial charge in [-0.3, -0.25) is 4.90 Å². The van der Waals surface area contributed by atoms with Gasteiger partial charge >= 0.3 is 17.6 Å². The van der Waals surface area contributed by atoms with Gasteiger partial charge in [0.25, 0.3) is 0 Å². The number of hydrogen-bond donors (Lipinski definition) is 0. The third-order valence-electron chi connectivity index (χ3n) is 6.42. The minimum atomic E-state index is -3.16. The molecule has 4 unspecified atom stereocenters. The number of fused-ring (bicyclic) bond motifs is 6. The second-order valence-electron chi connectivity index (χ2n) is 9.25. The van der Waals surface area contributed by atoms with E-state index >= 15 is 0 Å². The van der Waals surface area contributed by atoms with Gasteiger partial charge in [-0.15, -0.1) is 0 Å². The van der Waals surface area contributed by atoms with Gasteiger partial charge in [-0.25, -0.2) is 0 Å². The molecule has 4 atom stereocenters. The van der Waals surface area contributed by atoms with Crippen molar-refractivity contribution in [3.8, 4) is 0 Å². The van der Waals surface area contributed by atoms with E-state index in [2.05, 4.69) is 11.5 Å². The maximum absolute atomic E-state index is 11.1. The van der Waals surface area contributed by atoms with Crippen molar-refractivity contribution in [3.63, 3.8) is 0 Å². The lowest BCUT2D eigenvalue weighted by Crippen LogP contribution is -2.60. The van der Waals surface area contributed by atoms with E-state index in [1.165, 1.54) is 0 Å². The van der Waals surface area contributed by atoms with E-state index in [0.29, 0.717) is 51.6 Å². The van der Waals surface area contributed by atoms with E-state index < -0.39 is 32.0 Å². The maximum atomic E-state index is 11.1. The molecule has 0 aromatic heterocycles. The molecule has 0 aromatic rings. The van der Waals surface area contributed by atoms with Crippen LogP contribution in [0.2, 0.25) is 18.6 Å². The van der Waals surface area contributed by atoms with Crippen LogP contribution in [0.5, 0.6) is 0 Å². The van der Waals surface area contributed by atoms with Crippen LogP contribution in [0, 0.1) is 0 Å². The summed E-state index contributed by atoms with van der Waals surface area (Å²) >= 11 is 0. The maximum Gasteiger partial charge on any atom is 0.531 e. The highest BCUT2D eigenvalue weighted by atomic mass is 28.4. The molecule has 0 saturated carbocycles. The molecule has 3 rings (SSSR count). The van der Waals surface area contributed by atoms with Crippen molar-refractivity contribution < 1.29 is 45.6 Å². The topological polar surface area (TPSA) is 111 Å². The Labute approximate surface area is 218 Å². The molecular weight excluding hydrogens is 522 g/mol. The summed E-state index contributed by atoms with van der Waals surface area (Å²) < 4.78 is 46.9. The summed E-state index contributed by atoms with van der Waals surface area (Å²) in [5.74, 6) is 1.69. The SMILES string of the molecule is C=C[Si]12OCCN(CC(COCCC[Si](OC)(OC)OC)O1)CC(OCCCC[Si](C)(C=O)C=O)O2. The summed E-state index contributed by atoms with van der Waals surface area (Å²) in [4.78, 5) is 24.5. The van der Waals surface area contributed by atoms with E-state index in [1.807, 2.05) is 0 Å². The molecule has 208 valence electrons. The lowest BCUT2D eigenvalue weighted by molar-refractivity contribution is -0.165. The molecule has 0 N–H and O–H groups in total. The number of unbranched alkanes of at least 4 members (excludes halogenated alkanes) is 1. The van der Waals surface area contributed by atoms with Gasteiger partial charge in [0.15, 0.2) is 14.4 Å². The van der Waals surface area contributed by atoms with Crippen molar-refractivity contribution in [2.75, 3.05) is 67.4 Å². The zero-order valence-electron chi connectivity index (χ0n) is 22.1. The lowest BCUT2D eigenvalue weighted by Gasteiger charge is -2.43. The van der Waals surface area contributed by atoms with E-state index in [-0.39, 0.29) is 6.10 Å². The Morgan fingerprint density at radius 1 is 1.00 bits per heavy atom. The van der Waals surface area contributed by atoms with Gasteiger partial charge in [-0.1, -0.05) is 19.5 Å². The second-order valence-corrected chi connectivity index (χ2v) is 18.7. The Kier molecular flexibility index (Phi) is 13.8. The molecule has 11 nitrogen and oxygen atoms in total. The van der Waals surface area contributed by atoms with Crippen LogP contribution in [0.1, 0.15) is 19.3 Å². The third kappa shape index (κ3) is 9.59. The highest BCUT2D eigenvalue weighted by Crippen LogP contribution is 2.24. The first kappa shape index (κ1) is 31.6. The van der Waals surface area contributed by atoms with Gasteiger partial charge in [0, 0.05) is 60.2 Å². The molecule has 3 saturated heterocycles. The van der Waals surface area contributed by atoms with Crippen LogP contribution >= 0.6 is 0 Å². The average molecular weight is 566 g/mol. The number of ether oxygens (including phenoxy) is 2.